The predicted octanol–water partition coefficient (Wildman–Crippen LogP) is 7.43. The van der Waals surface area contributed by atoms with Crippen LogP contribution in [0.15, 0.2) is 24.8 Å². The highest BCUT2D eigenvalue weighted by atomic mass is 19.1. The van der Waals surface area contributed by atoms with Gasteiger partial charge in [-0.1, -0.05) is 51.0 Å². The van der Waals surface area contributed by atoms with Crippen LogP contribution in [0.1, 0.15) is 87.3 Å². The van der Waals surface area contributed by atoms with Gasteiger partial charge in [-0.05, 0) is 80.2 Å². The van der Waals surface area contributed by atoms with Crippen LogP contribution < -0.4 is 0 Å². The molecule has 2 aliphatic rings. The summed E-state index contributed by atoms with van der Waals surface area (Å²) in [7, 11) is 0. The molecule has 0 aromatic heterocycles. The fourth-order valence-corrected chi connectivity index (χ4v) is 5.24. The number of rotatable bonds is 4. The number of hydrogen-bond donors (Lipinski definition) is 0. The molecule has 2 fully saturated rings. The number of hydrogen-bond acceptors (Lipinski definition) is 0. The Balaban J connectivity index is 1.55. The third-order valence-electron chi connectivity index (χ3n) is 6.92. The molecule has 1 aromatic carbocycles. The zero-order valence-electron chi connectivity index (χ0n) is 15.5. The van der Waals surface area contributed by atoms with E-state index in [0.29, 0.717) is 11.5 Å². The van der Waals surface area contributed by atoms with Crippen LogP contribution >= 0.6 is 0 Å². The normalized spacial score (nSPS) is 31.0. The van der Waals surface area contributed by atoms with E-state index >= 15 is 0 Å². The molecule has 2 aliphatic carbocycles. The van der Waals surface area contributed by atoms with Crippen molar-refractivity contribution >= 4 is 5.83 Å². The van der Waals surface area contributed by atoms with Crippen molar-refractivity contribution in [2.45, 2.75) is 77.6 Å². The fourth-order valence-electron chi connectivity index (χ4n) is 5.24. The molecule has 2 saturated carbocycles. The Kier molecular flexibility index (Phi) is 5.79. The molecular weight excluding hydrogens is 295 g/mol. The van der Waals surface area contributed by atoms with E-state index in [-0.39, 0.29) is 5.83 Å². The molecule has 0 radical (unpaired) electrons. The van der Waals surface area contributed by atoms with Gasteiger partial charge < -0.3 is 0 Å². The lowest BCUT2D eigenvalue weighted by Gasteiger charge is -2.38. The van der Waals surface area contributed by atoms with Gasteiger partial charge in [0.1, 0.15) is 5.83 Å². The number of halogens is 1. The maximum Gasteiger partial charge on any atom is 0.123 e. The first kappa shape index (κ1) is 17.7. The molecule has 0 heterocycles. The van der Waals surface area contributed by atoms with E-state index < -0.39 is 0 Å². The maximum absolute atomic E-state index is 13.4. The summed E-state index contributed by atoms with van der Waals surface area (Å²) in [5.74, 6) is 3.32. The molecule has 132 valence electrons. The van der Waals surface area contributed by atoms with Gasteiger partial charge in [0.2, 0.25) is 0 Å². The van der Waals surface area contributed by atoms with Crippen molar-refractivity contribution in [2.75, 3.05) is 0 Å². The van der Waals surface area contributed by atoms with E-state index in [4.69, 9.17) is 0 Å². The van der Waals surface area contributed by atoms with Crippen molar-refractivity contribution in [1.82, 2.24) is 0 Å². The molecule has 0 aliphatic heterocycles. The van der Waals surface area contributed by atoms with E-state index in [1.54, 1.807) is 0 Å². The summed E-state index contributed by atoms with van der Waals surface area (Å²) < 4.78 is 13.4. The lowest BCUT2D eigenvalue weighted by molar-refractivity contribution is 0.158. The molecule has 0 unspecified atom stereocenters. The Morgan fingerprint density at radius 2 is 1.58 bits per heavy atom. The van der Waals surface area contributed by atoms with Crippen molar-refractivity contribution in [3.8, 4) is 0 Å². The maximum atomic E-state index is 13.4. The SMILES string of the molecule is C=C(F)c1ccc(C2CCC(C3CCC(CC)CC3)CC2)cc1C. The van der Waals surface area contributed by atoms with E-state index in [2.05, 4.69) is 25.6 Å². The third kappa shape index (κ3) is 3.92. The fraction of sp³-hybridized carbons (Fsp3) is 0.652. The standard InChI is InChI=1S/C23H33F/c1-4-18-5-7-19(8-6-18)20-9-11-21(12-10-20)22-13-14-23(17(3)24)16(2)15-22/h13-15,18-21H,3-12H2,1-2H3. The second-order valence-corrected chi connectivity index (χ2v) is 8.28. The summed E-state index contributed by atoms with van der Waals surface area (Å²) in [6, 6.07) is 6.24. The Labute approximate surface area is 147 Å². The predicted molar refractivity (Wildman–Crippen MR) is 102 cm³/mol. The summed E-state index contributed by atoms with van der Waals surface area (Å²) in [5.41, 5.74) is 3.10. The highest BCUT2D eigenvalue weighted by Crippen LogP contribution is 2.44. The van der Waals surface area contributed by atoms with Crippen LogP contribution in [0, 0.1) is 24.7 Å². The van der Waals surface area contributed by atoms with Gasteiger partial charge in [-0.25, -0.2) is 4.39 Å². The lowest BCUT2D eigenvalue weighted by atomic mass is 9.68. The van der Waals surface area contributed by atoms with Crippen molar-refractivity contribution in [1.29, 1.82) is 0 Å². The van der Waals surface area contributed by atoms with Gasteiger partial charge in [-0.2, -0.15) is 0 Å². The first-order chi connectivity index (χ1) is 11.6. The van der Waals surface area contributed by atoms with Gasteiger partial charge in [-0.15, -0.1) is 0 Å². The van der Waals surface area contributed by atoms with Crippen LogP contribution in [-0.4, -0.2) is 0 Å². The smallest absolute Gasteiger partial charge is 0.123 e. The first-order valence-electron chi connectivity index (χ1n) is 10.0. The van der Waals surface area contributed by atoms with Crippen molar-refractivity contribution < 1.29 is 4.39 Å². The quantitative estimate of drug-likeness (QED) is 0.539. The molecule has 1 heteroatoms. The molecule has 0 N–H and O–H groups in total. The van der Waals surface area contributed by atoms with E-state index in [1.165, 1.54) is 63.4 Å². The van der Waals surface area contributed by atoms with Crippen molar-refractivity contribution in [2.24, 2.45) is 17.8 Å². The van der Waals surface area contributed by atoms with Crippen LogP contribution in [0.2, 0.25) is 0 Å². The highest BCUT2D eigenvalue weighted by molar-refractivity contribution is 5.60. The van der Waals surface area contributed by atoms with Gasteiger partial charge in [-0.3, -0.25) is 0 Å². The van der Waals surface area contributed by atoms with Gasteiger partial charge in [0, 0.05) is 5.56 Å². The Morgan fingerprint density at radius 1 is 1.00 bits per heavy atom. The number of aryl methyl sites for hydroxylation is 1. The summed E-state index contributed by atoms with van der Waals surface area (Å²) in [6.45, 7) is 7.79. The molecule has 0 saturated heterocycles. The lowest BCUT2D eigenvalue weighted by Crippen LogP contribution is -2.25. The molecule has 0 amide bonds. The van der Waals surface area contributed by atoms with Crippen LogP contribution in [0.3, 0.4) is 0 Å². The van der Waals surface area contributed by atoms with Crippen LogP contribution in [0.5, 0.6) is 0 Å². The Morgan fingerprint density at radius 3 is 2.08 bits per heavy atom. The van der Waals surface area contributed by atoms with Gasteiger partial charge in [0.25, 0.3) is 0 Å². The molecule has 0 spiro atoms. The molecule has 0 atom stereocenters. The van der Waals surface area contributed by atoms with E-state index in [1.807, 2.05) is 13.0 Å². The molecule has 3 rings (SSSR count). The van der Waals surface area contributed by atoms with Crippen molar-refractivity contribution in [3.05, 3.63) is 41.5 Å². The minimum absolute atomic E-state index is 0.314. The summed E-state index contributed by atoms with van der Waals surface area (Å²) in [4.78, 5) is 0. The zero-order chi connectivity index (χ0) is 17.1. The minimum atomic E-state index is -0.314. The van der Waals surface area contributed by atoms with Crippen molar-refractivity contribution in [3.63, 3.8) is 0 Å². The minimum Gasteiger partial charge on any atom is -0.207 e. The zero-order valence-corrected chi connectivity index (χ0v) is 15.5. The first-order valence-corrected chi connectivity index (χ1v) is 10.0. The molecule has 1 aromatic rings. The summed E-state index contributed by atoms with van der Waals surface area (Å²) >= 11 is 0. The largest absolute Gasteiger partial charge is 0.207 e. The second-order valence-electron chi connectivity index (χ2n) is 8.28. The van der Waals surface area contributed by atoms with Gasteiger partial charge in [0.15, 0.2) is 0 Å². The van der Waals surface area contributed by atoms with E-state index in [9.17, 15) is 4.39 Å². The molecule has 24 heavy (non-hydrogen) atoms. The Bertz CT molecular complexity index is 557. The highest BCUT2D eigenvalue weighted by Gasteiger charge is 2.30. The average molecular weight is 329 g/mol. The van der Waals surface area contributed by atoms with Crippen LogP contribution in [0.25, 0.3) is 5.83 Å². The third-order valence-corrected chi connectivity index (χ3v) is 6.92. The van der Waals surface area contributed by atoms with Crippen LogP contribution in [0.4, 0.5) is 4.39 Å². The molecule has 0 nitrogen and oxygen atoms in total. The van der Waals surface area contributed by atoms with Crippen LogP contribution in [-0.2, 0) is 0 Å². The summed E-state index contributed by atoms with van der Waals surface area (Å²) in [6.07, 6.45) is 12.7. The summed E-state index contributed by atoms with van der Waals surface area (Å²) in [5, 5.41) is 0. The van der Waals surface area contributed by atoms with Gasteiger partial charge >= 0.3 is 0 Å². The topological polar surface area (TPSA) is 0 Å². The Hall–Kier alpha value is -1.11. The monoisotopic (exact) mass is 328 g/mol. The molecule has 0 bridgehead atoms. The number of benzene rings is 1. The van der Waals surface area contributed by atoms with E-state index in [0.717, 1.165) is 23.3 Å². The average Bonchev–Trinajstić information content (AvgIpc) is 2.61. The second kappa shape index (κ2) is 7.85. The molecular formula is C23H33F. The van der Waals surface area contributed by atoms with Gasteiger partial charge in [0.05, 0.1) is 0 Å².